The normalized spacial score (nSPS) is 16.1. The molecule has 4 aromatic rings. The van der Waals surface area contributed by atoms with E-state index in [0.29, 0.717) is 16.5 Å². The summed E-state index contributed by atoms with van der Waals surface area (Å²) in [5, 5.41) is 4.78. The van der Waals surface area contributed by atoms with E-state index < -0.39 is 0 Å². The van der Waals surface area contributed by atoms with Crippen molar-refractivity contribution < 1.29 is 9.21 Å². The number of hydrogen-bond donors (Lipinski definition) is 1. The Bertz CT molecular complexity index is 1240. The van der Waals surface area contributed by atoms with Gasteiger partial charge in [-0.05, 0) is 73.8 Å². The molecule has 1 N–H and O–H groups in total. The molecule has 3 aromatic carbocycles. The molecule has 5 rings (SSSR count). The summed E-state index contributed by atoms with van der Waals surface area (Å²) in [6.45, 7) is 4.25. The highest BCUT2D eigenvalue weighted by atomic mass is 35.5. The van der Waals surface area contributed by atoms with Gasteiger partial charge >= 0.3 is 0 Å². The molecule has 1 atom stereocenters. The van der Waals surface area contributed by atoms with Crippen LogP contribution in [0.1, 0.15) is 47.5 Å². The molecule has 4 nitrogen and oxygen atoms in total. The number of hydrogen-bond acceptors (Lipinski definition) is 3. The van der Waals surface area contributed by atoms with Crippen LogP contribution in [0.4, 0.5) is 5.69 Å². The van der Waals surface area contributed by atoms with Gasteiger partial charge in [-0.25, -0.2) is 0 Å². The third-order valence-corrected chi connectivity index (χ3v) is 6.77. The zero-order valence-corrected chi connectivity index (χ0v) is 19.4. The zero-order valence-electron chi connectivity index (χ0n) is 18.6. The van der Waals surface area contributed by atoms with Crippen LogP contribution in [0.2, 0.25) is 5.02 Å². The highest BCUT2D eigenvalue weighted by Crippen LogP contribution is 2.42. The second-order valence-corrected chi connectivity index (χ2v) is 9.27. The molecule has 1 aliphatic rings. The monoisotopic (exact) mass is 458 g/mol. The molecule has 1 aliphatic heterocycles. The number of amides is 1. The Hall–Kier alpha value is -3.08. The summed E-state index contributed by atoms with van der Waals surface area (Å²) in [6.07, 6.45) is 2.27. The van der Waals surface area contributed by atoms with Gasteiger partial charge in [0, 0.05) is 16.0 Å². The molecule has 1 fully saturated rings. The number of halogens is 1. The number of furan rings is 1. The number of anilines is 1. The number of rotatable bonds is 5. The molecule has 0 aliphatic carbocycles. The van der Waals surface area contributed by atoms with Crippen LogP contribution in [0.25, 0.3) is 11.0 Å². The van der Waals surface area contributed by atoms with Crippen molar-refractivity contribution in [1.29, 1.82) is 0 Å². The zero-order chi connectivity index (χ0) is 22.8. The molecule has 1 saturated heterocycles. The van der Waals surface area contributed by atoms with E-state index in [1.807, 2.05) is 66.7 Å². The van der Waals surface area contributed by atoms with Gasteiger partial charge in [0.05, 0.1) is 11.7 Å². The Labute approximate surface area is 199 Å². The number of benzene rings is 3. The predicted molar refractivity (Wildman–Crippen MR) is 134 cm³/mol. The Balaban J connectivity index is 1.62. The van der Waals surface area contributed by atoms with Crippen LogP contribution in [0.5, 0.6) is 0 Å². The van der Waals surface area contributed by atoms with Crippen LogP contribution in [0.3, 0.4) is 0 Å². The van der Waals surface area contributed by atoms with Gasteiger partial charge in [-0.2, -0.15) is 0 Å². The molecule has 1 aromatic heterocycles. The molecule has 1 unspecified atom stereocenters. The van der Waals surface area contributed by atoms with E-state index in [-0.39, 0.29) is 11.9 Å². The van der Waals surface area contributed by atoms with Gasteiger partial charge < -0.3 is 9.73 Å². The lowest BCUT2D eigenvalue weighted by molar-refractivity contribution is 0.102. The fraction of sp³-hybridized carbons (Fsp3) is 0.250. The number of piperidine rings is 1. The van der Waals surface area contributed by atoms with Gasteiger partial charge in [0.25, 0.3) is 5.91 Å². The molecule has 0 bridgehead atoms. The summed E-state index contributed by atoms with van der Waals surface area (Å²) >= 11 is 6.21. The van der Waals surface area contributed by atoms with Crippen molar-refractivity contribution in [2.75, 3.05) is 18.4 Å². The minimum absolute atomic E-state index is 0.117. The second kappa shape index (κ2) is 9.42. The van der Waals surface area contributed by atoms with E-state index in [2.05, 4.69) is 29.3 Å². The third-order valence-electron chi connectivity index (χ3n) is 6.51. The Morgan fingerprint density at radius 3 is 2.36 bits per heavy atom. The molecule has 1 amide bonds. The van der Waals surface area contributed by atoms with E-state index in [4.69, 9.17) is 16.0 Å². The van der Waals surface area contributed by atoms with Crippen molar-refractivity contribution in [3.63, 3.8) is 0 Å². The largest absolute Gasteiger partial charge is 0.457 e. The van der Waals surface area contributed by atoms with Gasteiger partial charge in [0.15, 0.2) is 0 Å². The maximum absolute atomic E-state index is 13.1. The van der Waals surface area contributed by atoms with Crippen molar-refractivity contribution in [2.45, 2.75) is 25.8 Å². The van der Waals surface area contributed by atoms with E-state index in [9.17, 15) is 4.79 Å². The van der Waals surface area contributed by atoms with Gasteiger partial charge in [-0.15, -0.1) is 0 Å². The number of likely N-dealkylation sites (tertiary alicyclic amines) is 1. The standard InChI is InChI=1S/C28H27ClN2O2/c1-19-15-17-31(18-16-19)26(20-11-13-22(29)14-12-20)27-25(23-9-5-6-10-24(23)33-27)30-28(32)21-7-3-2-4-8-21/h2-14,19,26H,15-18H2,1H3,(H,30,32). The summed E-state index contributed by atoms with van der Waals surface area (Å²) in [4.78, 5) is 15.6. The molecular formula is C28H27ClN2O2. The van der Waals surface area contributed by atoms with Crippen molar-refractivity contribution in [3.05, 3.63) is 101 Å². The molecule has 0 saturated carbocycles. The van der Waals surface area contributed by atoms with Gasteiger partial charge in [-0.3, -0.25) is 9.69 Å². The number of carbonyl (C=O) groups is 1. The molecule has 33 heavy (non-hydrogen) atoms. The molecule has 0 spiro atoms. The first kappa shape index (κ1) is 21.7. The van der Waals surface area contributed by atoms with Crippen molar-refractivity contribution >= 4 is 34.2 Å². The Morgan fingerprint density at radius 2 is 1.64 bits per heavy atom. The first-order chi connectivity index (χ1) is 16.1. The SMILES string of the molecule is CC1CCN(C(c2ccc(Cl)cc2)c2oc3ccccc3c2NC(=O)c2ccccc2)CC1. The third kappa shape index (κ3) is 4.54. The summed E-state index contributed by atoms with van der Waals surface area (Å²) in [6, 6.07) is 25.0. The topological polar surface area (TPSA) is 45.5 Å². The van der Waals surface area contributed by atoms with E-state index in [0.717, 1.165) is 53.9 Å². The van der Waals surface area contributed by atoms with Crippen LogP contribution >= 0.6 is 11.6 Å². The second-order valence-electron chi connectivity index (χ2n) is 8.83. The fourth-order valence-electron chi connectivity index (χ4n) is 4.62. The predicted octanol–water partition coefficient (Wildman–Crippen LogP) is 7.16. The van der Waals surface area contributed by atoms with Gasteiger partial charge in [0.1, 0.15) is 11.3 Å². The molecule has 5 heteroatoms. The summed E-state index contributed by atoms with van der Waals surface area (Å²) in [5.41, 5.74) is 3.21. The van der Waals surface area contributed by atoms with Crippen LogP contribution in [-0.4, -0.2) is 23.9 Å². The van der Waals surface area contributed by atoms with E-state index >= 15 is 0 Å². The fourth-order valence-corrected chi connectivity index (χ4v) is 4.75. The number of carbonyl (C=O) groups excluding carboxylic acids is 1. The summed E-state index contributed by atoms with van der Waals surface area (Å²) < 4.78 is 6.47. The minimum atomic E-state index is -0.148. The number of fused-ring (bicyclic) bond motifs is 1. The van der Waals surface area contributed by atoms with Gasteiger partial charge in [0.2, 0.25) is 0 Å². The maximum Gasteiger partial charge on any atom is 0.255 e. The lowest BCUT2D eigenvalue weighted by Crippen LogP contribution is -2.37. The summed E-state index contributed by atoms with van der Waals surface area (Å²) in [5.74, 6) is 1.32. The molecule has 2 heterocycles. The van der Waals surface area contributed by atoms with E-state index in [1.54, 1.807) is 0 Å². The van der Waals surface area contributed by atoms with Crippen molar-refractivity contribution in [1.82, 2.24) is 4.90 Å². The van der Waals surface area contributed by atoms with Crippen molar-refractivity contribution in [2.24, 2.45) is 5.92 Å². The quantitative estimate of drug-likeness (QED) is 0.345. The molecule has 0 radical (unpaired) electrons. The highest BCUT2D eigenvalue weighted by molar-refractivity contribution is 6.30. The average molecular weight is 459 g/mol. The van der Waals surface area contributed by atoms with Crippen LogP contribution in [0, 0.1) is 5.92 Å². The van der Waals surface area contributed by atoms with Gasteiger partial charge in [-0.1, -0.05) is 61.0 Å². The lowest BCUT2D eigenvalue weighted by Gasteiger charge is -2.36. The highest BCUT2D eigenvalue weighted by Gasteiger charge is 2.32. The smallest absolute Gasteiger partial charge is 0.255 e. The lowest BCUT2D eigenvalue weighted by atomic mass is 9.94. The Morgan fingerprint density at radius 1 is 0.970 bits per heavy atom. The molecule has 168 valence electrons. The van der Waals surface area contributed by atoms with Crippen LogP contribution in [-0.2, 0) is 0 Å². The first-order valence-corrected chi connectivity index (χ1v) is 11.9. The van der Waals surface area contributed by atoms with E-state index in [1.165, 1.54) is 0 Å². The summed E-state index contributed by atoms with van der Waals surface area (Å²) in [7, 11) is 0. The van der Waals surface area contributed by atoms with Crippen LogP contribution in [0.15, 0.2) is 83.3 Å². The molecular weight excluding hydrogens is 432 g/mol. The maximum atomic E-state index is 13.1. The first-order valence-electron chi connectivity index (χ1n) is 11.5. The van der Waals surface area contributed by atoms with Crippen LogP contribution < -0.4 is 5.32 Å². The minimum Gasteiger partial charge on any atom is -0.457 e. The van der Waals surface area contributed by atoms with Crippen molar-refractivity contribution in [3.8, 4) is 0 Å². The number of para-hydroxylation sites is 1. The Kier molecular flexibility index (Phi) is 6.21. The number of nitrogens with one attached hydrogen (secondary N) is 1. The average Bonchev–Trinajstić information content (AvgIpc) is 3.20. The number of nitrogens with zero attached hydrogens (tertiary/aromatic N) is 1.